The Bertz CT molecular complexity index is 1060. The first-order valence-corrected chi connectivity index (χ1v) is 9.97. The van der Waals surface area contributed by atoms with Gasteiger partial charge in [-0.2, -0.15) is 13.2 Å². The fraction of sp³-hybridized carbons (Fsp3) is 0.318. The van der Waals surface area contributed by atoms with E-state index in [0.29, 0.717) is 5.56 Å². The maximum absolute atomic E-state index is 13.5. The summed E-state index contributed by atoms with van der Waals surface area (Å²) in [7, 11) is 0. The number of nitrogens with one attached hydrogen (secondary N) is 1. The molecule has 2 heterocycles. The van der Waals surface area contributed by atoms with Gasteiger partial charge in [-0.1, -0.05) is 42.5 Å². The molecule has 32 heavy (non-hydrogen) atoms. The van der Waals surface area contributed by atoms with Crippen LogP contribution in [0.3, 0.4) is 0 Å². The Labute approximate surface area is 181 Å². The summed E-state index contributed by atoms with van der Waals surface area (Å²) in [5.74, 6) is -1.89. The van der Waals surface area contributed by atoms with E-state index in [9.17, 15) is 32.7 Å². The SMILES string of the molecule is O=C1c2ccccc2N2C(=O)CC[C@]2(C(=O)NC[C@@H](O)C(F)(F)F)N1Cc1ccccc1. The molecule has 2 N–H and O–H groups in total. The zero-order chi connectivity index (χ0) is 23.1. The molecular weight excluding hydrogens is 427 g/mol. The Morgan fingerprint density at radius 2 is 1.75 bits per heavy atom. The third-order valence-electron chi connectivity index (χ3n) is 5.75. The van der Waals surface area contributed by atoms with Crippen LogP contribution in [-0.4, -0.2) is 52.2 Å². The maximum atomic E-state index is 13.5. The lowest BCUT2D eigenvalue weighted by Crippen LogP contribution is -2.70. The monoisotopic (exact) mass is 447 g/mol. The summed E-state index contributed by atoms with van der Waals surface area (Å²) >= 11 is 0. The molecule has 4 rings (SSSR count). The van der Waals surface area contributed by atoms with E-state index >= 15 is 0 Å². The molecule has 0 aromatic heterocycles. The highest BCUT2D eigenvalue weighted by atomic mass is 19.4. The van der Waals surface area contributed by atoms with Crippen molar-refractivity contribution in [3.8, 4) is 0 Å². The van der Waals surface area contributed by atoms with Crippen LogP contribution in [0, 0.1) is 0 Å². The molecule has 7 nitrogen and oxygen atoms in total. The minimum absolute atomic E-state index is 0.0347. The Morgan fingerprint density at radius 1 is 1.09 bits per heavy atom. The number of amides is 3. The number of hydrogen-bond acceptors (Lipinski definition) is 4. The van der Waals surface area contributed by atoms with Gasteiger partial charge in [-0.25, -0.2) is 0 Å². The Morgan fingerprint density at radius 3 is 2.44 bits per heavy atom. The molecule has 10 heteroatoms. The molecule has 0 aliphatic carbocycles. The smallest absolute Gasteiger partial charge is 0.382 e. The summed E-state index contributed by atoms with van der Waals surface area (Å²) in [5.41, 5.74) is -0.709. The summed E-state index contributed by atoms with van der Waals surface area (Å²) in [6, 6.07) is 15.1. The van der Waals surface area contributed by atoms with Crippen molar-refractivity contribution >= 4 is 23.4 Å². The zero-order valence-corrected chi connectivity index (χ0v) is 16.8. The molecule has 2 atom stereocenters. The predicted octanol–water partition coefficient (Wildman–Crippen LogP) is 2.21. The number of carbonyl (C=O) groups excluding carboxylic acids is 3. The summed E-state index contributed by atoms with van der Waals surface area (Å²) in [4.78, 5) is 42.1. The number of para-hydroxylation sites is 1. The second-order valence-electron chi connectivity index (χ2n) is 7.71. The fourth-order valence-electron chi connectivity index (χ4n) is 4.22. The number of carbonyl (C=O) groups is 3. The molecule has 0 radical (unpaired) electrons. The molecule has 3 amide bonds. The van der Waals surface area contributed by atoms with E-state index in [4.69, 9.17) is 0 Å². The first-order valence-electron chi connectivity index (χ1n) is 9.97. The molecule has 1 saturated heterocycles. The molecule has 168 valence electrons. The maximum Gasteiger partial charge on any atom is 0.416 e. The fourth-order valence-corrected chi connectivity index (χ4v) is 4.22. The van der Waals surface area contributed by atoms with Gasteiger partial charge in [0.25, 0.3) is 11.8 Å². The number of hydrogen-bond donors (Lipinski definition) is 2. The van der Waals surface area contributed by atoms with Crippen LogP contribution in [0.2, 0.25) is 0 Å². The zero-order valence-electron chi connectivity index (χ0n) is 16.8. The van der Waals surface area contributed by atoms with E-state index < -0.39 is 42.2 Å². The van der Waals surface area contributed by atoms with Gasteiger partial charge in [0.05, 0.1) is 17.8 Å². The Balaban J connectivity index is 1.78. The van der Waals surface area contributed by atoms with Crippen LogP contribution < -0.4 is 10.2 Å². The lowest BCUT2D eigenvalue weighted by atomic mass is 9.94. The van der Waals surface area contributed by atoms with Crippen molar-refractivity contribution in [1.29, 1.82) is 0 Å². The minimum atomic E-state index is -4.92. The Kier molecular flexibility index (Phi) is 5.41. The van der Waals surface area contributed by atoms with Crippen molar-refractivity contribution in [3.05, 3.63) is 65.7 Å². The molecular formula is C22H20F3N3O4. The lowest BCUT2D eigenvalue weighted by Gasteiger charge is -2.49. The predicted molar refractivity (Wildman–Crippen MR) is 107 cm³/mol. The molecule has 0 saturated carbocycles. The molecule has 0 spiro atoms. The molecule has 2 aliphatic heterocycles. The van der Waals surface area contributed by atoms with E-state index in [0.717, 1.165) is 0 Å². The third kappa shape index (κ3) is 3.50. The van der Waals surface area contributed by atoms with Crippen molar-refractivity contribution in [2.75, 3.05) is 11.4 Å². The van der Waals surface area contributed by atoms with Crippen molar-refractivity contribution in [3.63, 3.8) is 0 Å². The van der Waals surface area contributed by atoms with Crippen LogP contribution in [0.4, 0.5) is 18.9 Å². The van der Waals surface area contributed by atoms with Crippen molar-refractivity contribution in [2.24, 2.45) is 0 Å². The van der Waals surface area contributed by atoms with E-state index in [-0.39, 0.29) is 30.6 Å². The number of alkyl halides is 3. The number of rotatable bonds is 5. The van der Waals surface area contributed by atoms with Crippen LogP contribution in [-0.2, 0) is 16.1 Å². The highest BCUT2D eigenvalue weighted by Crippen LogP contribution is 2.45. The average Bonchev–Trinajstić information content (AvgIpc) is 3.13. The van der Waals surface area contributed by atoms with Gasteiger partial charge >= 0.3 is 6.18 Å². The summed E-state index contributed by atoms with van der Waals surface area (Å²) in [6.07, 6.45) is -7.86. The van der Waals surface area contributed by atoms with Crippen LogP contribution in [0.15, 0.2) is 54.6 Å². The number of aliphatic hydroxyl groups excluding tert-OH is 1. The van der Waals surface area contributed by atoms with E-state index in [1.165, 1.54) is 21.9 Å². The normalized spacial score (nSPS) is 21.2. The van der Waals surface area contributed by atoms with E-state index in [2.05, 4.69) is 5.32 Å². The standard InChI is InChI=1S/C22H20F3N3O4/c23-22(24,25)17(29)12-26-20(32)21-11-10-18(30)28(21)16-9-5-4-8-15(16)19(31)27(21)13-14-6-2-1-3-7-14/h1-9,17,29H,10-13H2,(H,26,32)/t17-,21+/m1/s1. The van der Waals surface area contributed by atoms with Crippen molar-refractivity contribution in [2.45, 2.75) is 37.3 Å². The van der Waals surface area contributed by atoms with Crippen LogP contribution >= 0.6 is 0 Å². The van der Waals surface area contributed by atoms with Crippen LogP contribution in [0.25, 0.3) is 0 Å². The lowest BCUT2D eigenvalue weighted by molar-refractivity contribution is -0.202. The number of aliphatic hydroxyl groups is 1. The van der Waals surface area contributed by atoms with Crippen LogP contribution in [0.1, 0.15) is 28.8 Å². The van der Waals surface area contributed by atoms with Gasteiger partial charge < -0.3 is 15.3 Å². The third-order valence-corrected chi connectivity index (χ3v) is 5.75. The molecule has 2 aromatic carbocycles. The summed E-state index contributed by atoms with van der Waals surface area (Å²) in [5, 5.41) is 11.4. The van der Waals surface area contributed by atoms with Crippen LogP contribution in [0.5, 0.6) is 0 Å². The van der Waals surface area contributed by atoms with E-state index in [1.54, 1.807) is 42.5 Å². The van der Waals surface area contributed by atoms with Gasteiger partial charge in [-0.3, -0.25) is 19.3 Å². The summed E-state index contributed by atoms with van der Waals surface area (Å²) in [6.45, 7) is -1.13. The molecule has 0 bridgehead atoms. The molecule has 1 fully saturated rings. The molecule has 2 aliphatic rings. The largest absolute Gasteiger partial charge is 0.416 e. The number of fused-ring (bicyclic) bond motifs is 3. The van der Waals surface area contributed by atoms with Gasteiger partial charge in [-0.15, -0.1) is 0 Å². The number of halogens is 3. The number of benzene rings is 2. The second-order valence-corrected chi connectivity index (χ2v) is 7.71. The topological polar surface area (TPSA) is 90.0 Å². The molecule has 0 unspecified atom stereocenters. The van der Waals surface area contributed by atoms with Gasteiger partial charge in [0.1, 0.15) is 0 Å². The van der Waals surface area contributed by atoms with Gasteiger partial charge in [0.15, 0.2) is 6.10 Å². The number of anilines is 1. The quantitative estimate of drug-likeness (QED) is 0.736. The first kappa shape index (κ1) is 21.8. The highest BCUT2D eigenvalue weighted by Gasteiger charge is 2.60. The number of nitrogens with zero attached hydrogens (tertiary/aromatic N) is 2. The minimum Gasteiger partial charge on any atom is -0.382 e. The Hall–Kier alpha value is -3.40. The van der Waals surface area contributed by atoms with Crippen molar-refractivity contribution < 1.29 is 32.7 Å². The summed E-state index contributed by atoms with van der Waals surface area (Å²) < 4.78 is 38.3. The van der Waals surface area contributed by atoms with E-state index in [1.807, 2.05) is 0 Å². The second kappa shape index (κ2) is 7.94. The average molecular weight is 447 g/mol. The van der Waals surface area contributed by atoms with Gasteiger partial charge in [0, 0.05) is 19.4 Å². The van der Waals surface area contributed by atoms with Crippen molar-refractivity contribution in [1.82, 2.24) is 10.2 Å². The highest BCUT2D eigenvalue weighted by molar-refractivity contribution is 6.16. The molecule has 2 aromatic rings. The van der Waals surface area contributed by atoms with Gasteiger partial charge in [-0.05, 0) is 17.7 Å². The first-order chi connectivity index (χ1) is 15.2. The van der Waals surface area contributed by atoms with Gasteiger partial charge in [0.2, 0.25) is 11.6 Å².